The zero-order valence-corrected chi connectivity index (χ0v) is 16.5. The van der Waals surface area contributed by atoms with E-state index in [-0.39, 0.29) is 5.48 Å². The molecule has 1 aliphatic heterocycles. The molecule has 0 aromatic rings. The number of hydrogen-bond acceptors (Lipinski definition) is 3. The monoisotopic (exact) mass is 324 g/mol. The van der Waals surface area contributed by atoms with Gasteiger partial charge in [-0.05, 0) is 36.3 Å². The van der Waals surface area contributed by atoms with Crippen molar-refractivity contribution in [3.63, 3.8) is 0 Å². The summed E-state index contributed by atoms with van der Waals surface area (Å²) >= 11 is 0. The molecule has 0 spiro atoms. The first-order chi connectivity index (χ1) is 8.49. The molecule has 19 heavy (non-hydrogen) atoms. The molecule has 0 saturated carbocycles. The van der Waals surface area contributed by atoms with Gasteiger partial charge in [-0.15, -0.1) is 0 Å². The lowest BCUT2D eigenvalue weighted by molar-refractivity contribution is 0.212. The minimum Gasteiger partial charge on any atom is -0.415 e. The molecule has 1 saturated heterocycles. The Morgan fingerprint density at radius 3 is 0.737 bits per heavy atom. The van der Waals surface area contributed by atoms with Crippen LogP contribution in [0.3, 0.4) is 0 Å². The van der Waals surface area contributed by atoms with Gasteiger partial charge in [-0.2, -0.15) is 0 Å². The van der Waals surface area contributed by atoms with Crippen molar-refractivity contribution in [1.29, 1.82) is 0 Å². The van der Waals surface area contributed by atoms with Gasteiger partial charge in [-0.3, -0.25) is 0 Å². The van der Waals surface area contributed by atoms with Gasteiger partial charge in [0.05, 0.1) is 0 Å². The molecule has 1 heterocycles. The Labute approximate surface area is 121 Å². The molecular formula is C12H32O4Si3. The molecule has 0 unspecified atom stereocenters. The van der Waals surface area contributed by atoms with Crippen molar-refractivity contribution in [2.45, 2.75) is 77.8 Å². The van der Waals surface area contributed by atoms with Gasteiger partial charge >= 0.3 is 25.7 Å². The van der Waals surface area contributed by atoms with Gasteiger partial charge in [0.25, 0.3) is 0 Å². The molecule has 0 bridgehead atoms. The van der Waals surface area contributed by atoms with E-state index in [1.54, 1.807) is 0 Å². The summed E-state index contributed by atoms with van der Waals surface area (Å²) in [6.07, 6.45) is 0. The van der Waals surface area contributed by atoms with Gasteiger partial charge < -0.3 is 17.8 Å². The van der Waals surface area contributed by atoms with E-state index >= 15 is 0 Å². The van der Waals surface area contributed by atoms with Crippen LogP contribution in [0.5, 0.6) is 0 Å². The summed E-state index contributed by atoms with van der Waals surface area (Å²) in [6.45, 7) is 13.4. The molecule has 1 fully saturated rings. The first kappa shape index (κ1) is 19.5. The molecule has 0 radical (unpaired) electrons. The summed E-state index contributed by atoms with van der Waals surface area (Å²) < 4.78 is 19.8. The second-order valence-electron chi connectivity index (χ2n) is 5.16. The maximum Gasteiger partial charge on any atom is 0.320 e. The standard InChI is InChI=1S/C12H30O3Si3.H2O/c1-7-16(8-2)13-17(9-3,10-4)15-18(11-5,12-6)14-16;/h7-12H2,1-6H3;1H2. The molecule has 0 aromatic carbocycles. The lowest BCUT2D eigenvalue weighted by Gasteiger charge is -2.52. The van der Waals surface area contributed by atoms with Crippen LogP contribution in [-0.4, -0.2) is 31.2 Å². The third-order valence-corrected chi connectivity index (χ3v) is 19.7. The third kappa shape index (κ3) is 3.78. The van der Waals surface area contributed by atoms with Crippen molar-refractivity contribution >= 4 is 25.7 Å². The number of rotatable bonds is 6. The fraction of sp³-hybridized carbons (Fsp3) is 1.00. The molecule has 0 aliphatic carbocycles. The van der Waals surface area contributed by atoms with E-state index in [1.165, 1.54) is 0 Å². The Kier molecular flexibility index (Phi) is 7.68. The molecule has 0 atom stereocenters. The van der Waals surface area contributed by atoms with Crippen LogP contribution >= 0.6 is 0 Å². The van der Waals surface area contributed by atoms with Crippen LogP contribution in [0.1, 0.15) is 41.5 Å². The van der Waals surface area contributed by atoms with E-state index in [1.807, 2.05) is 0 Å². The third-order valence-electron chi connectivity index (χ3n) is 4.35. The minimum atomic E-state index is -1.99. The van der Waals surface area contributed by atoms with E-state index in [2.05, 4.69) is 41.5 Å². The number of hydrogen-bond donors (Lipinski definition) is 0. The summed E-state index contributed by atoms with van der Waals surface area (Å²) in [5.74, 6) is 0. The van der Waals surface area contributed by atoms with Crippen molar-refractivity contribution in [3.8, 4) is 0 Å². The molecular weight excluding hydrogens is 292 g/mol. The second-order valence-corrected chi connectivity index (χ2v) is 17.3. The van der Waals surface area contributed by atoms with Crippen molar-refractivity contribution in [2.75, 3.05) is 0 Å². The van der Waals surface area contributed by atoms with Crippen LogP contribution in [0.4, 0.5) is 0 Å². The minimum absolute atomic E-state index is 0. The van der Waals surface area contributed by atoms with E-state index in [9.17, 15) is 0 Å². The summed E-state index contributed by atoms with van der Waals surface area (Å²) in [5, 5.41) is 0. The molecule has 1 rings (SSSR count). The van der Waals surface area contributed by atoms with Crippen LogP contribution in [0.15, 0.2) is 0 Å². The molecule has 7 heteroatoms. The zero-order valence-electron chi connectivity index (χ0n) is 13.5. The smallest absolute Gasteiger partial charge is 0.320 e. The average Bonchev–Trinajstić information content (AvgIpc) is 2.46. The van der Waals surface area contributed by atoms with Crippen molar-refractivity contribution in [3.05, 3.63) is 0 Å². The Balaban J connectivity index is 0.00000324. The summed E-state index contributed by atoms with van der Waals surface area (Å²) in [4.78, 5) is 0. The maximum absolute atomic E-state index is 6.59. The Hall–Kier alpha value is 0.491. The van der Waals surface area contributed by atoms with Crippen LogP contribution < -0.4 is 0 Å². The normalized spacial score (nSPS) is 23.7. The predicted octanol–water partition coefficient (Wildman–Crippen LogP) is 3.67. The molecule has 0 aromatic heterocycles. The summed E-state index contributed by atoms with van der Waals surface area (Å²) in [7, 11) is -5.96. The van der Waals surface area contributed by atoms with Gasteiger partial charge in [-0.1, -0.05) is 41.5 Å². The Morgan fingerprint density at radius 2 is 0.632 bits per heavy atom. The average molecular weight is 325 g/mol. The van der Waals surface area contributed by atoms with Crippen LogP contribution in [-0.2, 0) is 12.3 Å². The first-order valence-corrected chi connectivity index (χ1v) is 14.3. The van der Waals surface area contributed by atoms with Crippen molar-refractivity contribution in [1.82, 2.24) is 0 Å². The zero-order chi connectivity index (χ0) is 13.9. The quantitative estimate of drug-likeness (QED) is 0.700. The largest absolute Gasteiger partial charge is 0.415 e. The fourth-order valence-corrected chi connectivity index (χ4v) is 20.9. The van der Waals surface area contributed by atoms with E-state index < -0.39 is 25.7 Å². The topological polar surface area (TPSA) is 59.2 Å². The summed E-state index contributed by atoms with van der Waals surface area (Å²) in [5.41, 5.74) is 0. The molecule has 2 N–H and O–H groups in total. The van der Waals surface area contributed by atoms with E-state index in [0.717, 1.165) is 36.3 Å². The van der Waals surface area contributed by atoms with E-state index in [4.69, 9.17) is 12.3 Å². The Morgan fingerprint density at radius 1 is 0.474 bits per heavy atom. The maximum atomic E-state index is 6.59. The van der Waals surface area contributed by atoms with Crippen molar-refractivity contribution in [2.24, 2.45) is 0 Å². The first-order valence-electron chi connectivity index (χ1n) is 7.59. The lowest BCUT2D eigenvalue weighted by atomic mass is 10.9. The second kappa shape index (κ2) is 7.49. The molecule has 116 valence electrons. The highest BCUT2D eigenvalue weighted by atomic mass is 28.5. The molecule has 0 amide bonds. The van der Waals surface area contributed by atoms with Crippen LogP contribution in [0.2, 0.25) is 36.3 Å². The van der Waals surface area contributed by atoms with Gasteiger partial charge in [0, 0.05) is 0 Å². The van der Waals surface area contributed by atoms with Crippen LogP contribution in [0.25, 0.3) is 0 Å². The van der Waals surface area contributed by atoms with Gasteiger partial charge in [0.1, 0.15) is 0 Å². The summed E-state index contributed by atoms with van der Waals surface area (Å²) in [6, 6.07) is 6.40. The molecule has 4 nitrogen and oxygen atoms in total. The SMILES string of the molecule is CC[Si]1(CC)O[Si](CC)(CC)O[Si](CC)(CC)O1.O. The highest BCUT2D eigenvalue weighted by molar-refractivity contribution is 6.94. The van der Waals surface area contributed by atoms with Gasteiger partial charge in [-0.25, -0.2) is 0 Å². The predicted molar refractivity (Wildman–Crippen MR) is 87.0 cm³/mol. The lowest BCUT2D eigenvalue weighted by Crippen LogP contribution is -2.69. The van der Waals surface area contributed by atoms with E-state index in [0.29, 0.717) is 0 Å². The Bertz CT molecular complexity index is 209. The molecule has 1 aliphatic rings. The van der Waals surface area contributed by atoms with Crippen molar-refractivity contribution < 1.29 is 17.8 Å². The van der Waals surface area contributed by atoms with Gasteiger partial charge in [0.15, 0.2) is 0 Å². The highest BCUT2D eigenvalue weighted by Gasteiger charge is 2.58. The van der Waals surface area contributed by atoms with Crippen LogP contribution in [0, 0.1) is 0 Å². The van der Waals surface area contributed by atoms with Gasteiger partial charge in [0.2, 0.25) is 0 Å². The fourth-order valence-electron chi connectivity index (χ4n) is 2.70. The highest BCUT2D eigenvalue weighted by Crippen LogP contribution is 2.41.